The van der Waals surface area contributed by atoms with E-state index in [-0.39, 0.29) is 35.9 Å². The highest BCUT2D eigenvalue weighted by Gasteiger charge is 2.34. The minimum absolute atomic E-state index is 0. The van der Waals surface area contributed by atoms with Crippen LogP contribution in [0.3, 0.4) is 0 Å². The quantitative estimate of drug-likeness (QED) is 0.721. The largest absolute Gasteiger partial charge is 0.434 e. The topological polar surface area (TPSA) is 83.0 Å². The van der Waals surface area contributed by atoms with E-state index < -0.39 is 17.5 Å². The number of rotatable bonds is 4. The fraction of sp³-hybridized carbons (Fsp3) is 0.529. The second-order valence-electron chi connectivity index (χ2n) is 6.55. The molecule has 3 N–H and O–H groups in total. The lowest BCUT2D eigenvalue weighted by Crippen LogP contribution is -2.28. The van der Waals surface area contributed by atoms with Crippen LogP contribution in [0.1, 0.15) is 31.7 Å². The molecular weight excluding hydrogens is 385 g/mol. The van der Waals surface area contributed by atoms with Crippen LogP contribution in [0.15, 0.2) is 27.4 Å². The Morgan fingerprint density at radius 1 is 1.30 bits per heavy atom. The summed E-state index contributed by atoms with van der Waals surface area (Å²) >= 11 is 0. The van der Waals surface area contributed by atoms with Crippen LogP contribution in [-0.2, 0) is 6.18 Å². The molecule has 2 heterocycles. The van der Waals surface area contributed by atoms with Gasteiger partial charge < -0.3 is 15.1 Å². The first kappa shape index (κ1) is 21.3. The number of halogens is 4. The molecule has 6 nitrogen and oxygen atoms in total. The first-order valence-corrected chi connectivity index (χ1v) is 8.59. The van der Waals surface area contributed by atoms with Gasteiger partial charge in [0.25, 0.3) is 0 Å². The number of hydrogen-bond acceptors (Lipinski definition) is 5. The predicted molar refractivity (Wildman–Crippen MR) is 98.1 cm³/mol. The average Bonchev–Trinajstić information content (AvgIpc) is 2.83. The summed E-state index contributed by atoms with van der Waals surface area (Å²) in [6.45, 7) is 3.70. The van der Waals surface area contributed by atoms with E-state index in [0.717, 1.165) is 38.4 Å². The standard InChI is InChI=1S/C17H21F3N4O2.ClH/c1-10(11-3-2-7-21-8-6-11)22-14-9-12(15-23-24-16(25)26-15)4-5-13(14)17(18,19)20;/h4-5,9-11,21-22H,2-3,6-8H2,1H3,(H,24,25);1H. The lowest BCUT2D eigenvalue weighted by Gasteiger charge is -2.26. The Labute approximate surface area is 160 Å². The first-order chi connectivity index (χ1) is 12.3. The summed E-state index contributed by atoms with van der Waals surface area (Å²) in [5.41, 5.74) is -0.489. The lowest BCUT2D eigenvalue weighted by atomic mass is 9.92. The van der Waals surface area contributed by atoms with Crippen molar-refractivity contribution in [2.24, 2.45) is 5.92 Å². The van der Waals surface area contributed by atoms with Crippen molar-refractivity contribution in [2.75, 3.05) is 18.4 Å². The molecule has 2 unspecified atom stereocenters. The minimum Gasteiger partial charge on any atom is -0.388 e. The van der Waals surface area contributed by atoms with Gasteiger partial charge >= 0.3 is 11.9 Å². The van der Waals surface area contributed by atoms with Gasteiger partial charge in [-0.05, 0) is 63.4 Å². The van der Waals surface area contributed by atoms with E-state index in [9.17, 15) is 18.0 Å². The van der Waals surface area contributed by atoms with Gasteiger partial charge in [0, 0.05) is 17.3 Å². The summed E-state index contributed by atoms with van der Waals surface area (Å²) in [4.78, 5) is 11.1. The molecule has 1 aliphatic rings. The summed E-state index contributed by atoms with van der Waals surface area (Å²) in [5, 5.41) is 12.1. The Morgan fingerprint density at radius 2 is 2.07 bits per heavy atom. The maximum absolute atomic E-state index is 13.4. The fourth-order valence-corrected chi connectivity index (χ4v) is 3.31. The molecule has 3 rings (SSSR count). The predicted octanol–water partition coefficient (Wildman–Crippen LogP) is 3.66. The molecular formula is C17H22ClF3N4O2. The highest BCUT2D eigenvalue weighted by Crippen LogP contribution is 2.37. The van der Waals surface area contributed by atoms with Crippen LogP contribution in [0, 0.1) is 5.92 Å². The Morgan fingerprint density at radius 3 is 2.74 bits per heavy atom. The van der Waals surface area contributed by atoms with Gasteiger partial charge in [0.15, 0.2) is 0 Å². The van der Waals surface area contributed by atoms with Gasteiger partial charge in [-0.2, -0.15) is 13.2 Å². The molecule has 150 valence electrons. The monoisotopic (exact) mass is 406 g/mol. The van der Waals surface area contributed by atoms with Gasteiger partial charge in [-0.1, -0.05) is 0 Å². The fourth-order valence-electron chi connectivity index (χ4n) is 3.31. The summed E-state index contributed by atoms with van der Waals surface area (Å²) in [5.74, 6) is -0.523. The van der Waals surface area contributed by atoms with Gasteiger partial charge in [-0.15, -0.1) is 17.5 Å². The molecule has 1 aliphatic heterocycles. The molecule has 1 aromatic heterocycles. The third-order valence-corrected chi connectivity index (χ3v) is 4.72. The molecule has 1 fully saturated rings. The minimum atomic E-state index is -4.49. The van der Waals surface area contributed by atoms with Crippen LogP contribution >= 0.6 is 12.4 Å². The van der Waals surface area contributed by atoms with Crippen molar-refractivity contribution in [3.8, 4) is 11.5 Å². The summed E-state index contributed by atoms with van der Waals surface area (Å²) in [7, 11) is 0. The number of alkyl halides is 3. The van der Waals surface area contributed by atoms with E-state index in [2.05, 4.69) is 20.8 Å². The van der Waals surface area contributed by atoms with Crippen molar-refractivity contribution in [2.45, 2.75) is 38.4 Å². The Balaban J connectivity index is 0.00000261. The Bertz CT molecular complexity index is 798. The zero-order chi connectivity index (χ0) is 18.7. The number of nitrogens with zero attached hydrogens (tertiary/aromatic N) is 1. The van der Waals surface area contributed by atoms with Crippen LogP contribution in [-0.4, -0.2) is 29.3 Å². The molecule has 10 heteroatoms. The van der Waals surface area contributed by atoms with E-state index >= 15 is 0 Å². The normalized spacial score (nSPS) is 19.0. The zero-order valence-corrected chi connectivity index (χ0v) is 15.5. The number of anilines is 1. The van der Waals surface area contributed by atoms with Crippen molar-refractivity contribution >= 4 is 18.1 Å². The van der Waals surface area contributed by atoms with E-state index in [1.807, 2.05) is 6.92 Å². The smallest absolute Gasteiger partial charge is 0.388 e. The third kappa shape index (κ3) is 5.26. The average molecular weight is 407 g/mol. The highest BCUT2D eigenvalue weighted by molar-refractivity contribution is 5.85. The molecule has 2 aromatic rings. The van der Waals surface area contributed by atoms with E-state index in [0.29, 0.717) is 5.56 Å². The number of aromatic nitrogens is 2. The molecule has 0 saturated carbocycles. The van der Waals surface area contributed by atoms with Crippen molar-refractivity contribution in [3.63, 3.8) is 0 Å². The van der Waals surface area contributed by atoms with Gasteiger partial charge in [0.1, 0.15) is 0 Å². The van der Waals surface area contributed by atoms with Crippen LogP contribution < -0.4 is 16.4 Å². The SMILES string of the molecule is CC(Nc1cc(-c2n[nH]c(=O)o2)ccc1C(F)(F)F)C1CCCNCC1.Cl. The Hall–Kier alpha value is -2.00. The lowest BCUT2D eigenvalue weighted by molar-refractivity contribution is -0.137. The second kappa shape index (κ2) is 8.79. The first-order valence-electron chi connectivity index (χ1n) is 8.59. The number of hydrogen-bond donors (Lipinski definition) is 3. The van der Waals surface area contributed by atoms with Crippen molar-refractivity contribution < 1.29 is 17.6 Å². The van der Waals surface area contributed by atoms with Crippen molar-refractivity contribution in [1.82, 2.24) is 15.5 Å². The number of nitrogens with one attached hydrogen (secondary N) is 3. The molecule has 0 spiro atoms. The molecule has 0 amide bonds. The second-order valence-corrected chi connectivity index (χ2v) is 6.55. The van der Waals surface area contributed by atoms with Crippen LogP contribution in [0.25, 0.3) is 11.5 Å². The number of H-pyrrole nitrogens is 1. The van der Waals surface area contributed by atoms with Gasteiger partial charge in [-0.3, -0.25) is 0 Å². The van der Waals surface area contributed by atoms with Gasteiger partial charge in [0.2, 0.25) is 5.89 Å². The molecule has 1 saturated heterocycles. The third-order valence-electron chi connectivity index (χ3n) is 4.72. The Kier molecular flexibility index (Phi) is 6.94. The molecule has 2 atom stereocenters. The summed E-state index contributed by atoms with van der Waals surface area (Å²) < 4.78 is 45.0. The molecule has 27 heavy (non-hydrogen) atoms. The van der Waals surface area contributed by atoms with Crippen LogP contribution in [0.5, 0.6) is 0 Å². The van der Waals surface area contributed by atoms with Crippen molar-refractivity contribution in [3.05, 3.63) is 34.3 Å². The summed E-state index contributed by atoms with van der Waals surface area (Å²) in [6, 6.07) is 3.42. The zero-order valence-electron chi connectivity index (χ0n) is 14.7. The van der Waals surface area contributed by atoms with Gasteiger partial charge in [-0.25, -0.2) is 9.89 Å². The molecule has 1 aromatic carbocycles. The maximum atomic E-state index is 13.4. The van der Waals surface area contributed by atoms with E-state index in [1.54, 1.807) is 0 Å². The van der Waals surface area contributed by atoms with E-state index in [4.69, 9.17) is 4.42 Å². The van der Waals surface area contributed by atoms with Crippen LogP contribution in [0.4, 0.5) is 18.9 Å². The van der Waals surface area contributed by atoms with E-state index in [1.165, 1.54) is 12.1 Å². The van der Waals surface area contributed by atoms with Crippen molar-refractivity contribution in [1.29, 1.82) is 0 Å². The maximum Gasteiger partial charge on any atom is 0.434 e. The van der Waals surface area contributed by atoms with Crippen LogP contribution in [0.2, 0.25) is 0 Å². The molecule has 0 bridgehead atoms. The summed E-state index contributed by atoms with van der Waals surface area (Å²) in [6.07, 6.45) is -1.63. The molecule has 0 radical (unpaired) electrons. The number of benzene rings is 1. The molecule has 0 aliphatic carbocycles. The number of aromatic amines is 1. The highest BCUT2D eigenvalue weighted by atomic mass is 35.5. The van der Waals surface area contributed by atoms with Gasteiger partial charge in [0.05, 0.1) is 5.56 Å².